The summed E-state index contributed by atoms with van der Waals surface area (Å²) < 4.78 is 51.5. The zero-order valence-corrected chi connectivity index (χ0v) is 16.6. The zero-order valence-electron chi connectivity index (χ0n) is 15.8. The van der Waals surface area contributed by atoms with Gasteiger partial charge >= 0.3 is 12.1 Å². The molecule has 0 atom stereocenters. The summed E-state index contributed by atoms with van der Waals surface area (Å²) in [7, 11) is 2.67. The first-order valence-corrected chi connectivity index (χ1v) is 9.14. The molecule has 8 nitrogen and oxygen atoms in total. The molecular formula is C18H17F3N2O6S. The Balaban J connectivity index is 2.20. The lowest BCUT2D eigenvalue weighted by Gasteiger charge is -2.15. The van der Waals surface area contributed by atoms with Crippen LogP contribution in [0, 0.1) is 0 Å². The van der Waals surface area contributed by atoms with Gasteiger partial charge in [-0.15, -0.1) is 11.3 Å². The molecule has 1 aromatic carbocycles. The summed E-state index contributed by atoms with van der Waals surface area (Å²) in [6.07, 6.45) is -4.59. The smallest absolute Gasteiger partial charge is 0.405 e. The van der Waals surface area contributed by atoms with Gasteiger partial charge in [0.15, 0.2) is 18.1 Å². The molecule has 2 aromatic rings. The van der Waals surface area contributed by atoms with E-state index in [-0.39, 0.29) is 22.7 Å². The molecule has 1 heterocycles. The number of rotatable bonds is 8. The summed E-state index contributed by atoms with van der Waals surface area (Å²) in [5.41, 5.74) is -0.173. The van der Waals surface area contributed by atoms with E-state index in [1.165, 1.54) is 37.7 Å². The molecule has 0 radical (unpaired) electrons. The van der Waals surface area contributed by atoms with E-state index in [1.54, 1.807) is 22.8 Å². The van der Waals surface area contributed by atoms with E-state index in [4.69, 9.17) is 14.2 Å². The van der Waals surface area contributed by atoms with E-state index in [0.717, 1.165) is 0 Å². The van der Waals surface area contributed by atoms with E-state index in [2.05, 4.69) is 5.32 Å². The predicted molar refractivity (Wildman–Crippen MR) is 101 cm³/mol. The second kappa shape index (κ2) is 9.96. The molecule has 30 heavy (non-hydrogen) atoms. The van der Waals surface area contributed by atoms with E-state index in [1.807, 2.05) is 0 Å². The van der Waals surface area contributed by atoms with Gasteiger partial charge in [0, 0.05) is 12.1 Å². The van der Waals surface area contributed by atoms with Crippen LogP contribution >= 0.6 is 11.3 Å². The highest BCUT2D eigenvalue weighted by molar-refractivity contribution is 7.12. The van der Waals surface area contributed by atoms with Crippen molar-refractivity contribution in [3.63, 3.8) is 0 Å². The average molecular weight is 446 g/mol. The van der Waals surface area contributed by atoms with Crippen LogP contribution < -0.4 is 20.1 Å². The third-order valence-electron chi connectivity index (χ3n) is 3.56. The first kappa shape index (κ1) is 23.0. The van der Waals surface area contributed by atoms with E-state index in [0.29, 0.717) is 4.88 Å². The molecule has 2 N–H and O–H groups in total. The first-order chi connectivity index (χ1) is 14.1. The van der Waals surface area contributed by atoms with Crippen LogP contribution in [0.1, 0.15) is 20.0 Å². The van der Waals surface area contributed by atoms with Gasteiger partial charge < -0.3 is 24.8 Å². The van der Waals surface area contributed by atoms with Gasteiger partial charge in [-0.1, -0.05) is 6.07 Å². The van der Waals surface area contributed by atoms with Gasteiger partial charge in [0.1, 0.15) is 6.54 Å². The summed E-state index contributed by atoms with van der Waals surface area (Å²) in [4.78, 5) is 36.6. The number of nitrogens with one attached hydrogen (secondary N) is 2. The van der Waals surface area contributed by atoms with Crippen LogP contribution in [-0.2, 0) is 9.53 Å². The molecule has 0 aliphatic heterocycles. The normalized spacial score (nSPS) is 10.8. The standard InChI is InChI=1S/C18H17F3N2O6S/c1-27-12-6-10(17(26)29-8-15(24)22-9-18(19,20)21)11(7-13(12)28-2)23-16(25)14-4-3-5-30-14/h3-7H,8-9H2,1-2H3,(H,22,24)(H,23,25). The molecule has 0 spiro atoms. The number of ether oxygens (including phenoxy) is 3. The number of benzene rings is 1. The van der Waals surface area contributed by atoms with Crippen molar-refractivity contribution in [2.24, 2.45) is 0 Å². The number of anilines is 1. The lowest BCUT2D eigenvalue weighted by atomic mass is 10.1. The molecule has 1 aromatic heterocycles. The maximum absolute atomic E-state index is 12.4. The molecule has 0 saturated heterocycles. The minimum atomic E-state index is -4.59. The van der Waals surface area contributed by atoms with Crippen molar-refractivity contribution >= 4 is 34.8 Å². The maximum Gasteiger partial charge on any atom is 0.405 e. The number of amides is 2. The lowest BCUT2D eigenvalue weighted by Crippen LogP contribution is -2.36. The molecule has 162 valence electrons. The third-order valence-corrected chi connectivity index (χ3v) is 4.43. The van der Waals surface area contributed by atoms with Crippen LogP contribution in [0.2, 0.25) is 0 Å². The van der Waals surface area contributed by atoms with Gasteiger partial charge in [0.2, 0.25) is 0 Å². The van der Waals surface area contributed by atoms with Gasteiger partial charge in [-0.05, 0) is 11.4 Å². The van der Waals surface area contributed by atoms with Crippen molar-refractivity contribution in [2.45, 2.75) is 6.18 Å². The molecule has 0 aliphatic rings. The number of hydrogen-bond acceptors (Lipinski definition) is 7. The second-order valence-corrected chi connectivity index (χ2v) is 6.60. The van der Waals surface area contributed by atoms with Crippen LogP contribution in [0.5, 0.6) is 11.5 Å². The minimum Gasteiger partial charge on any atom is -0.493 e. The molecule has 0 saturated carbocycles. The number of thiophene rings is 1. The van der Waals surface area contributed by atoms with Gasteiger partial charge in [0.05, 0.1) is 30.3 Å². The topological polar surface area (TPSA) is 103 Å². The Morgan fingerprint density at radius 3 is 2.33 bits per heavy atom. The Morgan fingerprint density at radius 1 is 1.10 bits per heavy atom. The van der Waals surface area contributed by atoms with Gasteiger partial charge in [-0.25, -0.2) is 4.79 Å². The van der Waals surface area contributed by atoms with Crippen molar-refractivity contribution in [2.75, 3.05) is 32.7 Å². The Kier molecular flexibility index (Phi) is 7.64. The van der Waals surface area contributed by atoms with Crippen molar-refractivity contribution in [1.82, 2.24) is 5.32 Å². The van der Waals surface area contributed by atoms with Crippen molar-refractivity contribution in [3.8, 4) is 11.5 Å². The number of alkyl halides is 3. The Bertz CT molecular complexity index is 915. The number of halogens is 3. The molecule has 12 heteroatoms. The van der Waals surface area contributed by atoms with Crippen molar-refractivity contribution < 1.29 is 41.8 Å². The monoisotopic (exact) mass is 446 g/mol. The Labute approximate surface area is 172 Å². The van der Waals surface area contributed by atoms with Crippen LogP contribution in [0.3, 0.4) is 0 Å². The zero-order chi connectivity index (χ0) is 22.3. The van der Waals surface area contributed by atoms with Crippen LogP contribution in [-0.4, -0.2) is 51.3 Å². The fraction of sp³-hybridized carbons (Fsp3) is 0.278. The number of carbonyl (C=O) groups is 3. The summed E-state index contributed by atoms with van der Waals surface area (Å²) in [5, 5.41) is 5.81. The second-order valence-electron chi connectivity index (χ2n) is 5.65. The van der Waals surface area contributed by atoms with E-state index in [9.17, 15) is 27.6 Å². The predicted octanol–water partition coefficient (Wildman–Crippen LogP) is 2.85. The van der Waals surface area contributed by atoms with Crippen LogP contribution in [0.25, 0.3) is 0 Å². The molecule has 2 amide bonds. The van der Waals surface area contributed by atoms with Gasteiger partial charge in [-0.3, -0.25) is 9.59 Å². The summed E-state index contributed by atoms with van der Waals surface area (Å²) in [6, 6.07) is 5.79. The van der Waals surface area contributed by atoms with Gasteiger partial charge in [-0.2, -0.15) is 13.2 Å². The number of carbonyl (C=O) groups excluding carboxylic acids is 3. The Morgan fingerprint density at radius 2 is 1.77 bits per heavy atom. The fourth-order valence-electron chi connectivity index (χ4n) is 2.20. The number of hydrogen-bond donors (Lipinski definition) is 2. The van der Waals surface area contributed by atoms with Crippen LogP contribution in [0.4, 0.5) is 18.9 Å². The molecular weight excluding hydrogens is 429 g/mol. The highest BCUT2D eigenvalue weighted by atomic mass is 32.1. The summed E-state index contributed by atoms with van der Waals surface area (Å²) in [5.74, 6) is -2.35. The van der Waals surface area contributed by atoms with Crippen LogP contribution in [0.15, 0.2) is 29.6 Å². The summed E-state index contributed by atoms with van der Waals surface area (Å²) in [6.45, 7) is -2.50. The number of esters is 1. The highest BCUT2D eigenvalue weighted by Crippen LogP contribution is 2.34. The fourth-order valence-corrected chi connectivity index (χ4v) is 2.82. The SMILES string of the molecule is COc1cc(NC(=O)c2cccs2)c(C(=O)OCC(=O)NCC(F)(F)F)cc1OC. The maximum atomic E-state index is 12.4. The molecule has 0 fully saturated rings. The molecule has 0 unspecified atom stereocenters. The van der Waals surface area contributed by atoms with E-state index < -0.39 is 37.1 Å². The lowest BCUT2D eigenvalue weighted by molar-refractivity contribution is -0.140. The quantitative estimate of drug-likeness (QED) is 0.605. The Hall–Kier alpha value is -3.28. The van der Waals surface area contributed by atoms with Crippen molar-refractivity contribution in [1.29, 1.82) is 0 Å². The summed E-state index contributed by atoms with van der Waals surface area (Å²) >= 11 is 1.17. The third kappa shape index (κ3) is 6.37. The largest absolute Gasteiger partial charge is 0.493 e. The van der Waals surface area contributed by atoms with Gasteiger partial charge in [0.25, 0.3) is 11.8 Å². The molecule has 0 bridgehead atoms. The molecule has 0 aliphatic carbocycles. The minimum absolute atomic E-state index is 0.00625. The highest BCUT2D eigenvalue weighted by Gasteiger charge is 2.28. The first-order valence-electron chi connectivity index (χ1n) is 8.26. The number of methoxy groups -OCH3 is 2. The van der Waals surface area contributed by atoms with Crippen molar-refractivity contribution in [3.05, 3.63) is 40.1 Å². The molecule has 2 rings (SSSR count). The van der Waals surface area contributed by atoms with E-state index >= 15 is 0 Å². The average Bonchev–Trinajstić information content (AvgIpc) is 3.24.